The second kappa shape index (κ2) is 23.5. The van der Waals surface area contributed by atoms with Gasteiger partial charge >= 0.3 is 0 Å². The van der Waals surface area contributed by atoms with Gasteiger partial charge in [-0.25, -0.2) is 0 Å². The van der Waals surface area contributed by atoms with Crippen LogP contribution in [0.1, 0.15) is 142 Å². The van der Waals surface area contributed by atoms with Gasteiger partial charge in [-0.15, -0.1) is 0 Å². The second-order valence-corrected chi connectivity index (χ2v) is 9.61. The summed E-state index contributed by atoms with van der Waals surface area (Å²) in [7, 11) is 0. The van der Waals surface area contributed by atoms with Gasteiger partial charge in [-0.3, -0.25) is 4.79 Å². The van der Waals surface area contributed by atoms with Gasteiger partial charge in [-0.2, -0.15) is 0 Å². The highest BCUT2D eigenvalue weighted by atomic mass is 16.3. The van der Waals surface area contributed by atoms with Gasteiger partial charge in [0.25, 0.3) is 0 Å². The summed E-state index contributed by atoms with van der Waals surface area (Å²) < 4.78 is 0. The predicted octanol–water partition coefficient (Wildman–Crippen LogP) is 6.03. The summed E-state index contributed by atoms with van der Waals surface area (Å²) in [6.45, 7) is 4.08. The summed E-state index contributed by atoms with van der Waals surface area (Å²) in [5.41, 5.74) is 0. The molecule has 0 aliphatic carbocycles. The first kappa shape index (κ1) is 31.4. The Bertz CT molecular complexity index is 405. The van der Waals surface area contributed by atoms with Crippen LogP contribution in [0.2, 0.25) is 0 Å². The maximum Gasteiger partial charge on any atom is 0.220 e. The summed E-state index contributed by atoms with van der Waals surface area (Å²) >= 11 is 0. The number of rotatable bonds is 24. The molecular formula is C27H55NO4. The molecule has 0 fully saturated rings. The highest BCUT2D eigenvalue weighted by molar-refractivity contribution is 5.76. The maximum atomic E-state index is 12.1. The molecule has 0 aromatic carbocycles. The number of nitrogens with one attached hydrogen (secondary N) is 1. The van der Waals surface area contributed by atoms with E-state index in [0.717, 1.165) is 38.5 Å². The van der Waals surface area contributed by atoms with Gasteiger partial charge in [-0.1, -0.05) is 123 Å². The van der Waals surface area contributed by atoms with E-state index in [2.05, 4.69) is 19.2 Å². The van der Waals surface area contributed by atoms with Crippen LogP contribution >= 0.6 is 0 Å². The van der Waals surface area contributed by atoms with E-state index >= 15 is 0 Å². The van der Waals surface area contributed by atoms with Crippen LogP contribution in [-0.2, 0) is 4.79 Å². The predicted molar refractivity (Wildman–Crippen MR) is 135 cm³/mol. The molecule has 0 aliphatic heterocycles. The standard InChI is InChI=1S/C27H55NO4/c1-3-5-7-9-11-12-13-14-16-17-19-21-25(30)27(32)24(23-29)28-26(31)22-20-18-15-10-8-6-4-2/h24-25,27,29-30,32H,3-23H2,1-2H3,(H,28,31)/t24-,25+,27-/m0/s1. The highest BCUT2D eigenvalue weighted by Gasteiger charge is 2.26. The smallest absolute Gasteiger partial charge is 0.220 e. The Hall–Kier alpha value is -0.650. The molecule has 0 aromatic rings. The van der Waals surface area contributed by atoms with Gasteiger partial charge in [0.2, 0.25) is 5.91 Å². The quantitative estimate of drug-likeness (QED) is 0.133. The van der Waals surface area contributed by atoms with Crippen molar-refractivity contribution in [3.63, 3.8) is 0 Å². The van der Waals surface area contributed by atoms with E-state index in [1.165, 1.54) is 77.0 Å². The number of aliphatic hydroxyl groups excluding tert-OH is 3. The molecule has 0 radical (unpaired) electrons. The van der Waals surface area contributed by atoms with Gasteiger partial charge in [-0.05, 0) is 12.8 Å². The lowest BCUT2D eigenvalue weighted by Crippen LogP contribution is -2.50. The minimum atomic E-state index is -1.12. The fourth-order valence-electron chi connectivity index (χ4n) is 4.22. The van der Waals surface area contributed by atoms with Crippen LogP contribution < -0.4 is 5.32 Å². The number of hydrogen-bond acceptors (Lipinski definition) is 4. The van der Waals surface area contributed by atoms with Gasteiger partial charge in [0, 0.05) is 6.42 Å². The average molecular weight is 458 g/mol. The topological polar surface area (TPSA) is 89.8 Å². The zero-order valence-electron chi connectivity index (χ0n) is 21.3. The summed E-state index contributed by atoms with van der Waals surface area (Å²) in [4.78, 5) is 12.1. The van der Waals surface area contributed by atoms with Crippen molar-refractivity contribution >= 4 is 5.91 Å². The third-order valence-electron chi connectivity index (χ3n) is 6.46. The van der Waals surface area contributed by atoms with Crippen molar-refractivity contribution in [3.05, 3.63) is 0 Å². The molecule has 4 N–H and O–H groups in total. The number of carbonyl (C=O) groups is 1. The van der Waals surface area contributed by atoms with E-state index in [1.54, 1.807) is 0 Å². The fraction of sp³-hybridized carbons (Fsp3) is 0.963. The van der Waals surface area contributed by atoms with Crippen LogP contribution in [-0.4, -0.2) is 46.1 Å². The van der Waals surface area contributed by atoms with Crippen LogP contribution in [0.4, 0.5) is 0 Å². The van der Waals surface area contributed by atoms with Gasteiger partial charge < -0.3 is 20.6 Å². The van der Waals surface area contributed by atoms with Crippen LogP contribution in [0.5, 0.6) is 0 Å². The molecule has 0 saturated heterocycles. The normalized spacial score (nSPS) is 14.3. The van der Waals surface area contributed by atoms with E-state index in [9.17, 15) is 20.1 Å². The number of unbranched alkanes of at least 4 members (excludes halogenated alkanes) is 16. The van der Waals surface area contributed by atoms with Crippen LogP contribution in [0, 0.1) is 0 Å². The molecule has 5 heteroatoms. The van der Waals surface area contributed by atoms with E-state index in [0.29, 0.717) is 12.8 Å². The Balaban J connectivity index is 3.79. The summed E-state index contributed by atoms with van der Waals surface area (Å²) in [6, 6.07) is -0.797. The van der Waals surface area contributed by atoms with Crippen molar-refractivity contribution in [2.45, 2.75) is 161 Å². The molecule has 3 atom stereocenters. The monoisotopic (exact) mass is 457 g/mol. The summed E-state index contributed by atoms with van der Waals surface area (Å²) in [5.74, 6) is -0.154. The molecule has 192 valence electrons. The Morgan fingerprint density at radius 3 is 1.50 bits per heavy atom. The third-order valence-corrected chi connectivity index (χ3v) is 6.46. The molecular weight excluding hydrogens is 402 g/mol. The van der Waals surface area contributed by atoms with Crippen molar-refractivity contribution in [2.24, 2.45) is 0 Å². The average Bonchev–Trinajstić information content (AvgIpc) is 2.79. The number of amides is 1. The molecule has 32 heavy (non-hydrogen) atoms. The lowest BCUT2D eigenvalue weighted by Gasteiger charge is -2.26. The Kier molecular flexibility index (Phi) is 23.0. The van der Waals surface area contributed by atoms with Crippen LogP contribution in [0.3, 0.4) is 0 Å². The Morgan fingerprint density at radius 2 is 1.06 bits per heavy atom. The van der Waals surface area contributed by atoms with Crippen LogP contribution in [0.15, 0.2) is 0 Å². The molecule has 0 spiro atoms. The van der Waals surface area contributed by atoms with Crippen molar-refractivity contribution in [3.8, 4) is 0 Å². The highest BCUT2D eigenvalue weighted by Crippen LogP contribution is 2.14. The van der Waals surface area contributed by atoms with Crippen molar-refractivity contribution < 1.29 is 20.1 Å². The first-order valence-corrected chi connectivity index (χ1v) is 13.8. The molecule has 0 aliphatic rings. The fourth-order valence-corrected chi connectivity index (χ4v) is 4.22. The summed E-state index contributed by atoms with van der Waals surface area (Å²) in [5, 5.41) is 32.9. The molecule has 0 aromatic heterocycles. The molecule has 0 saturated carbocycles. The number of carbonyl (C=O) groups excluding carboxylic acids is 1. The van der Waals surface area contributed by atoms with Crippen LogP contribution in [0.25, 0.3) is 0 Å². The molecule has 0 heterocycles. The van der Waals surface area contributed by atoms with E-state index in [4.69, 9.17) is 0 Å². The molecule has 0 rings (SSSR count). The lowest BCUT2D eigenvalue weighted by atomic mass is 9.99. The molecule has 0 bridgehead atoms. The van der Waals surface area contributed by atoms with E-state index in [1.807, 2.05) is 0 Å². The lowest BCUT2D eigenvalue weighted by molar-refractivity contribution is -0.124. The van der Waals surface area contributed by atoms with E-state index in [-0.39, 0.29) is 12.5 Å². The van der Waals surface area contributed by atoms with E-state index < -0.39 is 18.2 Å². The number of aliphatic hydroxyl groups is 3. The SMILES string of the molecule is CCCCCCCCCCCCC[C@@H](O)[C@@H](O)[C@H](CO)NC(=O)CCCCCCCCC. The Labute approximate surface area is 198 Å². The minimum absolute atomic E-state index is 0.154. The third kappa shape index (κ3) is 18.9. The molecule has 5 nitrogen and oxygen atoms in total. The zero-order chi connectivity index (χ0) is 23.9. The Morgan fingerprint density at radius 1 is 0.656 bits per heavy atom. The van der Waals surface area contributed by atoms with Crippen molar-refractivity contribution in [1.82, 2.24) is 5.32 Å². The second-order valence-electron chi connectivity index (χ2n) is 9.61. The minimum Gasteiger partial charge on any atom is -0.394 e. The van der Waals surface area contributed by atoms with Gasteiger partial charge in [0.1, 0.15) is 6.10 Å². The zero-order valence-corrected chi connectivity index (χ0v) is 21.3. The largest absolute Gasteiger partial charge is 0.394 e. The molecule has 1 amide bonds. The van der Waals surface area contributed by atoms with Gasteiger partial charge in [0.15, 0.2) is 0 Å². The molecule has 0 unspecified atom stereocenters. The van der Waals surface area contributed by atoms with Crippen molar-refractivity contribution in [1.29, 1.82) is 0 Å². The number of hydrogen-bond donors (Lipinski definition) is 4. The first-order chi connectivity index (χ1) is 15.6. The first-order valence-electron chi connectivity index (χ1n) is 13.8. The maximum absolute atomic E-state index is 12.1. The van der Waals surface area contributed by atoms with Crippen molar-refractivity contribution in [2.75, 3.05) is 6.61 Å². The van der Waals surface area contributed by atoms with Gasteiger partial charge in [0.05, 0.1) is 18.8 Å². The summed E-state index contributed by atoms with van der Waals surface area (Å²) in [6.07, 6.45) is 20.5.